The second-order valence-corrected chi connectivity index (χ2v) is 4.27. The number of nitrogens with one attached hydrogen (secondary N) is 1. The molecule has 0 atom stereocenters. The lowest BCUT2D eigenvalue weighted by molar-refractivity contribution is 0.218. The first-order valence-electron chi connectivity index (χ1n) is 5.95. The minimum Gasteiger partial charge on any atom is -0.372 e. The van der Waals surface area contributed by atoms with Gasteiger partial charge >= 0.3 is 6.03 Å². The molecular formula is C13H16N4O. The summed E-state index contributed by atoms with van der Waals surface area (Å²) in [5.74, 6) is 0. The second-order valence-electron chi connectivity index (χ2n) is 4.27. The number of amides is 2. The van der Waals surface area contributed by atoms with Crippen LogP contribution in [0.15, 0.2) is 24.3 Å². The average Bonchev–Trinajstić information content (AvgIpc) is 2.81. The van der Waals surface area contributed by atoms with Gasteiger partial charge in [0.2, 0.25) is 0 Å². The van der Waals surface area contributed by atoms with Crippen LogP contribution in [0.2, 0.25) is 0 Å². The van der Waals surface area contributed by atoms with Crippen LogP contribution in [-0.2, 0) is 0 Å². The summed E-state index contributed by atoms with van der Waals surface area (Å²) in [5.41, 5.74) is 1.56. The third kappa shape index (κ3) is 2.54. The number of nitrogens with zero attached hydrogens (tertiary/aromatic N) is 3. The summed E-state index contributed by atoms with van der Waals surface area (Å²) < 4.78 is 0. The maximum atomic E-state index is 11.4. The standard InChI is InChI=1S/C13H16N4O/c1-16(8-9-17-7-6-15-13(17)18)12-5-3-2-4-11(12)10-14/h2-5H,6-9H2,1H3,(H,15,18). The summed E-state index contributed by atoms with van der Waals surface area (Å²) in [6.45, 7) is 2.86. The average molecular weight is 244 g/mol. The van der Waals surface area contributed by atoms with Crippen molar-refractivity contribution in [3.05, 3.63) is 29.8 Å². The van der Waals surface area contributed by atoms with Crippen molar-refractivity contribution in [2.75, 3.05) is 38.1 Å². The quantitative estimate of drug-likeness (QED) is 0.860. The molecule has 5 nitrogen and oxygen atoms in total. The zero-order valence-electron chi connectivity index (χ0n) is 10.4. The molecule has 18 heavy (non-hydrogen) atoms. The maximum Gasteiger partial charge on any atom is 0.317 e. The van der Waals surface area contributed by atoms with Gasteiger partial charge in [0, 0.05) is 33.2 Å². The Kier molecular flexibility index (Phi) is 3.68. The summed E-state index contributed by atoms with van der Waals surface area (Å²) in [7, 11) is 1.93. The van der Waals surface area contributed by atoms with Crippen LogP contribution in [0.25, 0.3) is 0 Å². The number of hydrogen-bond acceptors (Lipinski definition) is 3. The summed E-state index contributed by atoms with van der Waals surface area (Å²) >= 11 is 0. The smallest absolute Gasteiger partial charge is 0.317 e. The molecule has 1 fully saturated rings. The molecule has 1 aliphatic rings. The second kappa shape index (κ2) is 5.41. The first kappa shape index (κ1) is 12.2. The van der Waals surface area contributed by atoms with Crippen molar-refractivity contribution in [2.24, 2.45) is 0 Å². The van der Waals surface area contributed by atoms with Crippen LogP contribution >= 0.6 is 0 Å². The summed E-state index contributed by atoms with van der Waals surface area (Å²) in [5, 5.41) is 11.8. The molecule has 1 saturated heterocycles. The van der Waals surface area contributed by atoms with Crippen molar-refractivity contribution >= 4 is 11.7 Å². The van der Waals surface area contributed by atoms with Gasteiger partial charge in [-0.1, -0.05) is 12.1 Å². The molecule has 2 amide bonds. The highest BCUT2D eigenvalue weighted by Gasteiger charge is 2.19. The fraction of sp³-hybridized carbons (Fsp3) is 0.385. The molecule has 1 aliphatic heterocycles. The number of hydrogen-bond donors (Lipinski definition) is 1. The fourth-order valence-corrected chi connectivity index (χ4v) is 2.02. The van der Waals surface area contributed by atoms with Crippen molar-refractivity contribution in [3.63, 3.8) is 0 Å². The number of rotatable bonds is 4. The van der Waals surface area contributed by atoms with Gasteiger partial charge in [0.25, 0.3) is 0 Å². The number of anilines is 1. The van der Waals surface area contributed by atoms with E-state index in [0.29, 0.717) is 18.7 Å². The number of likely N-dealkylation sites (N-methyl/N-ethyl adjacent to an activating group) is 1. The first-order valence-corrected chi connectivity index (χ1v) is 5.95. The Hall–Kier alpha value is -2.22. The molecule has 0 aromatic heterocycles. The van der Waals surface area contributed by atoms with Crippen LogP contribution in [0.1, 0.15) is 5.56 Å². The van der Waals surface area contributed by atoms with Crippen molar-refractivity contribution in [2.45, 2.75) is 0 Å². The molecule has 0 saturated carbocycles. The summed E-state index contributed by atoms with van der Waals surface area (Å²) in [4.78, 5) is 15.2. The molecule has 0 aliphatic carbocycles. The van der Waals surface area contributed by atoms with Gasteiger partial charge in [-0.05, 0) is 12.1 Å². The van der Waals surface area contributed by atoms with Crippen molar-refractivity contribution < 1.29 is 4.79 Å². The topological polar surface area (TPSA) is 59.4 Å². The fourth-order valence-electron chi connectivity index (χ4n) is 2.02. The minimum absolute atomic E-state index is 0.00281. The molecule has 94 valence electrons. The Morgan fingerprint density at radius 3 is 2.94 bits per heavy atom. The highest BCUT2D eigenvalue weighted by atomic mass is 16.2. The molecule has 0 bridgehead atoms. The molecule has 0 unspecified atom stereocenters. The number of carbonyl (C=O) groups excluding carboxylic acids is 1. The van der Waals surface area contributed by atoms with Crippen LogP contribution in [0.5, 0.6) is 0 Å². The molecule has 1 aromatic rings. The summed E-state index contributed by atoms with van der Waals surface area (Å²) in [6, 6.07) is 9.66. The Balaban J connectivity index is 1.97. The molecule has 1 N–H and O–H groups in total. The predicted octanol–water partition coefficient (Wildman–Crippen LogP) is 1.02. The molecule has 2 rings (SSSR count). The SMILES string of the molecule is CN(CCN1CCNC1=O)c1ccccc1C#N. The van der Waals surface area contributed by atoms with E-state index in [1.165, 1.54) is 0 Å². The minimum atomic E-state index is -0.00281. The van der Waals surface area contributed by atoms with Gasteiger partial charge in [0.1, 0.15) is 6.07 Å². The van der Waals surface area contributed by atoms with E-state index in [4.69, 9.17) is 5.26 Å². The van der Waals surface area contributed by atoms with E-state index in [-0.39, 0.29) is 6.03 Å². The van der Waals surface area contributed by atoms with Crippen molar-refractivity contribution in [1.29, 1.82) is 5.26 Å². The van der Waals surface area contributed by atoms with E-state index in [1.807, 2.05) is 30.1 Å². The summed E-state index contributed by atoms with van der Waals surface area (Å²) in [6.07, 6.45) is 0. The Morgan fingerprint density at radius 2 is 2.28 bits per heavy atom. The van der Waals surface area contributed by atoms with E-state index >= 15 is 0 Å². The normalized spacial score (nSPS) is 14.2. The molecule has 5 heteroatoms. The van der Waals surface area contributed by atoms with Crippen LogP contribution in [0.3, 0.4) is 0 Å². The van der Waals surface area contributed by atoms with Crippen molar-refractivity contribution in [1.82, 2.24) is 10.2 Å². The first-order chi connectivity index (χ1) is 8.72. The van der Waals surface area contributed by atoms with Crippen LogP contribution in [0.4, 0.5) is 10.5 Å². The molecule has 0 radical (unpaired) electrons. The van der Waals surface area contributed by atoms with Gasteiger partial charge < -0.3 is 15.1 Å². The maximum absolute atomic E-state index is 11.4. The van der Waals surface area contributed by atoms with Gasteiger partial charge in [-0.15, -0.1) is 0 Å². The van der Waals surface area contributed by atoms with Gasteiger partial charge in [-0.2, -0.15) is 5.26 Å². The van der Waals surface area contributed by atoms with Crippen LogP contribution < -0.4 is 10.2 Å². The lowest BCUT2D eigenvalue weighted by Gasteiger charge is -2.23. The lowest BCUT2D eigenvalue weighted by atomic mass is 10.2. The number of para-hydroxylation sites is 1. The Morgan fingerprint density at radius 1 is 1.50 bits per heavy atom. The molecular weight excluding hydrogens is 228 g/mol. The van der Waals surface area contributed by atoms with Crippen LogP contribution in [0, 0.1) is 11.3 Å². The largest absolute Gasteiger partial charge is 0.372 e. The van der Waals surface area contributed by atoms with Gasteiger partial charge in [0.05, 0.1) is 11.3 Å². The lowest BCUT2D eigenvalue weighted by Crippen LogP contribution is -2.35. The highest BCUT2D eigenvalue weighted by Crippen LogP contribution is 2.17. The number of benzene rings is 1. The molecule has 1 heterocycles. The molecule has 1 aromatic carbocycles. The van der Waals surface area contributed by atoms with Gasteiger partial charge in [-0.25, -0.2) is 4.79 Å². The number of urea groups is 1. The van der Waals surface area contributed by atoms with E-state index in [9.17, 15) is 4.79 Å². The zero-order chi connectivity index (χ0) is 13.0. The van der Waals surface area contributed by atoms with E-state index in [2.05, 4.69) is 11.4 Å². The zero-order valence-corrected chi connectivity index (χ0v) is 10.4. The van der Waals surface area contributed by atoms with Gasteiger partial charge in [0.15, 0.2) is 0 Å². The van der Waals surface area contributed by atoms with E-state index in [0.717, 1.165) is 18.8 Å². The van der Waals surface area contributed by atoms with Crippen molar-refractivity contribution in [3.8, 4) is 6.07 Å². The number of nitriles is 1. The Labute approximate surface area is 107 Å². The molecule has 0 spiro atoms. The van der Waals surface area contributed by atoms with E-state index < -0.39 is 0 Å². The highest BCUT2D eigenvalue weighted by molar-refractivity contribution is 5.76. The third-order valence-corrected chi connectivity index (χ3v) is 3.09. The van der Waals surface area contributed by atoms with E-state index in [1.54, 1.807) is 11.0 Å². The van der Waals surface area contributed by atoms with Crippen LogP contribution in [-0.4, -0.2) is 44.2 Å². The predicted molar refractivity (Wildman–Crippen MR) is 69.4 cm³/mol. The van der Waals surface area contributed by atoms with Gasteiger partial charge in [-0.3, -0.25) is 0 Å². The Bertz CT molecular complexity index is 480. The number of carbonyl (C=O) groups is 1. The third-order valence-electron chi connectivity index (χ3n) is 3.09. The monoisotopic (exact) mass is 244 g/mol.